The van der Waals surface area contributed by atoms with Gasteiger partial charge in [-0.25, -0.2) is 9.87 Å². The molecule has 3 aliphatic rings. The Hall–Kier alpha value is -1.46. The van der Waals surface area contributed by atoms with Crippen molar-refractivity contribution in [1.82, 2.24) is 10.4 Å². The van der Waals surface area contributed by atoms with Crippen LogP contribution < -0.4 is 5.48 Å². The highest BCUT2D eigenvalue weighted by Gasteiger charge is 2.49. The van der Waals surface area contributed by atoms with Gasteiger partial charge in [-0.15, -0.1) is 0 Å². The maximum atomic E-state index is 14.5. The first-order chi connectivity index (χ1) is 11.6. The second-order valence-electron chi connectivity index (χ2n) is 7.73. The highest BCUT2D eigenvalue weighted by Crippen LogP contribution is 2.54. The minimum absolute atomic E-state index is 0.189. The van der Waals surface area contributed by atoms with Gasteiger partial charge >= 0.3 is 0 Å². The highest BCUT2D eigenvalue weighted by atomic mass is 19.1. The van der Waals surface area contributed by atoms with Gasteiger partial charge in [0.1, 0.15) is 5.82 Å². The van der Waals surface area contributed by atoms with Crippen LogP contribution in [0.3, 0.4) is 0 Å². The van der Waals surface area contributed by atoms with Crippen LogP contribution in [0, 0.1) is 11.2 Å². The Kier molecular flexibility index (Phi) is 4.09. The van der Waals surface area contributed by atoms with E-state index < -0.39 is 5.91 Å². The molecule has 2 saturated carbocycles. The number of hydrogen-bond acceptors (Lipinski definition) is 3. The van der Waals surface area contributed by atoms with E-state index in [1.54, 1.807) is 11.5 Å². The first kappa shape index (κ1) is 16.0. The Morgan fingerprint density at radius 3 is 2.71 bits per heavy atom. The van der Waals surface area contributed by atoms with Crippen molar-refractivity contribution >= 4 is 5.91 Å². The minimum Gasteiger partial charge on any atom is -0.295 e. The fourth-order valence-corrected chi connectivity index (χ4v) is 5.19. The fraction of sp³-hybridized carbons (Fsp3) is 0.632. The molecule has 5 heteroatoms. The molecule has 0 unspecified atom stereocenters. The summed E-state index contributed by atoms with van der Waals surface area (Å²) in [4.78, 5) is 14.0. The summed E-state index contributed by atoms with van der Waals surface area (Å²) in [6, 6.07) is 3.56. The molecule has 1 aromatic carbocycles. The summed E-state index contributed by atoms with van der Waals surface area (Å²) >= 11 is 0. The molecule has 4 nitrogen and oxygen atoms in total. The number of benzene rings is 1. The number of nitrogens with one attached hydrogen (secondary N) is 1. The molecule has 1 aromatic rings. The van der Waals surface area contributed by atoms with Crippen molar-refractivity contribution in [2.24, 2.45) is 5.41 Å². The average Bonchev–Trinajstić information content (AvgIpc) is 2.61. The molecular formula is C19H25FN2O2. The van der Waals surface area contributed by atoms with Gasteiger partial charge in [0.05, 0.1) is 0 Å². The molecule has 1 atom stereocenters. The van der Waals surface area contributed by atoms with E-state index in [4.69, 9.17) is 5.21 Å². The number of amides is 1. The lowest BCUT2D eigenvalue weighted by Gasteiger charge is -2.57. The third-order valence-electron chi connectivity index (χ3n) is 6.59. The van der Waals surface area contributed by atoms with Crippen LogP contribution >= 0.6 is 0 Å². The molecule has 2 fully saturated rings. The maximum absolute atomic E-state index is 14.5. The van der Waals surface area contributed by atoms with Crippen LogP contribution in [0.2, 0.25) is 0 Å². The van der Waals surface area contributed by atoms with Gasteiger partial charge in [0.25, 0.3) is 5.91 Å². The number of halogens is 1. The van der Waals surface area contributed by atoms with Gasteiger partial charge in [-0.2, -0.15) is 0 Å². The Bertz CT molecular complexity index is 655. The number of fused-ring (bicyclic) bond motifs is 1. The number of rotatable bonds is 2. The van der Waals surface area contributed by atoms with Crippen LogP contribution in [-0.2, 0) is 13.0 Å². The van der Waals surface area contributed by atoms with Crippen molar-refractivity contribution in [2.45, 2.75) is 64.0 Å². The summed E-state index contributed by atoms with van der Waals surface area (Å²) in [5.74, 6) is -0.980. The summed E-state index contributed by atoms with van der Waals surface area (Å²) in [6.45, 7) is 1.58. The van der Waals surface area contributed by atoms with Crippen LogP contribution in [0.4, 0.5) is 4.39 Å². The molecule has 130 valence electrons. The topological polar surface area (TPSA) is 52.6 Å². The van der Waals surface area contributed by atoms with Crippen molar-refractivity contribution < 1.29 is 14.4 Å². The molecular weight excluding hydrogens is 307 g/mol. The zero-order valence-corrected chi connectivity index (χ0v) is 14.0. The largest absolute Gasteiger partial charge is 0.295 e. The molecule has 2 aliphatic carbocycles. The first-order valence-electron chi connectivity index (χ1n) is 9.13. The lowest BCUT2D eigenvalue weighted by Crippen LogP contribution is -2.57. The second kappa shape index (κ2) is 6.12. The van der Waals surface area contributed by atoms with Crippen molar-refractivity contribution in [3.8, 4) is 0 Å². The van der Waals surface area contributed by atoms with Gasteiger partial charge in [0.15, 0.2) is 0 Å². The van der Waals surface area contributed by atoms with E-state index in [-0.39, 0.29) is 11.4 Å². The van der Waals surface area contributed by atoms with Crippen LogP contribution in [-0.4, -0.2) is 28.6 Å². The Morgan fingerprint density at radius 1 is 1.25 bits per heavy atom. The molecule has 0 bridgehead atoms. The molecule has 2 N–H and O–H groups in total. The summed E-state index contributed by atoms with van der Waals surface area (Å²) in [5, 5.41) is 8.75. The SMILES string of the molecule is O=C(NO)c1cc(F)c2c(c1)CCN([C@H]1CCC13CCCCC3)C2. The summed E-state index contributed by atoms with van der Waals surface area (Å²) in [5.41, 5.74) is 3.90. The van der Waals surface area contributed by atoms with Gasteiger partial charge in [-0.05, 0) is 55.2 Å². The molecule has 4 rings (SSSR count). The fourth-order valence-electron chi connectivity index (χ4n) is 5.19. The predicted octanol–water partition coefficient (Wildman–Crippen LogP) is 3.42. The zero-order valence-electron chi connectivity index (χ0n) is 14.0. The number of hydrogen-bond donors (Lipinski definition) is 2. The summed E-state index contributed by atoms with van der Waals surface area (Å²) < 4.78 is 14.5. The molecule has 0 aromatic heterocycles. The van der Waals surface area contributed by atoms with Gasteiger partial charge in [0, 0.05) is 30.3 Å². The van der Waals surface area contributed by atoms with Crippen molar-refractivity contribution in [2.75, 3.05) is 6.54 Å². The molecule has 1 heterocycles. The van der Waals surface area contributed by atoms with Crippen molar-refractivity contribution in [3.63, 3.8) is 0 Å². The monoisotopic (exact) mass is 332 g/mol. The predicted molar refractivity (Wildman–Crippen MR) is 88.3 cm³/mol. The van der Waals surface area contributed by atoms with E-state index in [9.17, 15) is 9.18 Å². The van der Waals surface area contributed by atoms with E-state index in [0.29, 0.717) is 18.0 Å². The lowest BCUT2D eigenvalue weighted by molar-refractivity contribution is -0.0591. The molecule has 1 aliphatic heterocycles. The molecule has 1 amide bonds. The van der Waals surface area contributed by atoms with E-state index in [1.165, 1.54) is 51.0 Å². The Balaban J connectivity index is 1.55. The number of carbonyl (C=O) groups is 1. The van der Waals surface area contributed by atoms with Gasteiger partial charge in [0.2, 0.25) is 0 Å². The van der Waals surface area contributed by atoms with Crippen LogP contribution in [0.5, 0.6) is 0 Å². The molecule has 0 saturated heterocycles. The number of hydroxylamine groups is 1. The van der Waals surface area contributed by atoms with Crippen LogP contribution in [0.1, 0.15) is 66.4 Å². The van der Waals surface area contributed by atoms with E-state index in [2.05, 4.69) is 4.90 Å². The van der Waals surface area contributed by atoms with E-state index >= 15 is 0 Å². The van der Waals surface area contributed by atoms with Crippen LogP contribution in [0.25, 0.3) is 0 Å². The third-order valence-corrected chi connectivity index (χ3v) is 6.59. The van der Waals surface area contributed by atoms with E-state index in [1.807, 2.05) is 0 Å². The normalized spacial score (nSPS) is 25.8. The average molecular weight is 332 g/mol. The minimum atomic E-state index is -0.653. The molecule has 1 spiro atoms. The smallest absolute Gasteiger partial charge is 0.274 e. The summed E-state index contributed by atoms with van der Waals surface area (Å²) in [7, 11) is 0. The van der Waals surface area contributed by atoms with Crippen molar-refractivity contribution in [3.05, 3.63) is 34.6 Å². The number of nitrogens with zero attached hydrogens (tertiary/aromatic N) is 1. The zero-order chi connectivity index (χ0) is 16.7. The quantitative estimate of drug-likeness (QED) is 0.644. The van der Waals surface area contributed by atoms with E-state index in [0.717, 1.165) is 24.1 Å². The van der Waals surface area contributed by atoms with Crippen LogP contribution in [0.15, 0.2) is 12.1 Å². The highest BCUT2D eigenvalue weighted by molar-refractivity contribution is 5.93. The molecule has 0 radical (unpaired) electrons. The van der Waals surface area contributed by atoms with Crippen molar-refractivity contribution in [1.29, 1.82) is 0 Å². The summed E-state index contributed by atoms with van der Waals surface area (Å²) in [6.07, 6.45) is 10.1. The Morgan fingerprint density at radius 2 is 2.04 bits per heavy atom. The van der Waals surface area contributed by atoms with Gasteiger partial charge in [-0.1, -0.05) is 19.3 Å². The molecule has 24 heavy (non-hydrogen) atoms. The van der Waals surface area contributed by atoms with Gasteiger partial charge in [-0.3, -0.25) is 14.9 Å². The number of carbonyl (C=O) groups excluding carboxylic acids is 1. The Labute approximate surface area is 142 Å². The first-order valence-corrected chi connectivity index (χ1v) is 9.13. The standard InChI is InChI=1S/C19H25FN2O2/c20-16-11-14(18(23)21-24)10-13-5-9-22(12-15(13)16)17-4-8-19(17)6-2-1-3-7-19/h10-11,17,24H,1-9,12H2,(H,21,23)/t17-/m0/s1. The van der Waals surface area contributed by atoms with Gasteiger partial charge < -0.3 is 0 Å². The second-order valence-corrected chi connectivity index (χ2v) is 7.73. The maximum Gasteiger partial charge on any atom is 0.274 e. The lowest BCUT2D eigenvalue weighted by atomic mass is 9.56. The third kappa shape index (κ3) is 2.54.